The van der Waals surface area contributed by atoms with Crippen molar-refractivity contribution in [2.45, 2.75) is 19.6 Å². The number of morpholine rings is 1. The van der Waals surface area contributed by atoms with Crippen molar-refractivity contribution in [1.29, 1.82) is 0 Å². The summed E-state index contributed by atoms with van der Waals surface area (Å²) in [5.74, 6) is 0.560. The smallest absolute Gasteiger partial charge is 0.123 e. The number of aliphatic hydroxyl groups excluding tert-OH is 1. The van der Waals surface area contributed by atoms with Gasteiger partial charge in [0.25, 0.3) is 0 Å². The van der Waals surface area contributed by atoms with Gasteiger partial charge in [-0.15, -0.1) is 0 Å². The second-order valence-corrected chi connectivity index (χ2v) is 7.55. The third kappa shape index (κ3) is 7.40. The molecule has 1 saturated heterocycles. The predicted molar refractivity (Wildman–Crippen MR) is 112 cm³/mol. The fourth-order valence-electron chi connectivity index (χ4n) is 3.45. The highest BCUT2D eigenvalue weighted by atomic mass is 19.1. The zero-order valence-corrected chi connectivity index (χ0v) is 17.1. The highest BCUT2D eigenvalue weighted by molar-refractivity contribution is 5.31. The number of rotatable bonds is 10. The highest BCUT2D eigenvalue weighted by Gasteiger charge is 2.16. The number of para-hydroxylation sites is 1. The SMILES string of the molecule is Cc1ccccc1OCC(O)CN(CCN1CCOCC1)Cc1ccc(F)cc1. The summed E-state index contributed by atoms with van der Waals surface area (Å²) in [6.07, 6.45) is -0.611. The molecule has 1 aliphatic heterocycles. The Kier molecular flexibility index (Phi) is 8.43. The van der Waals surface area contributed by atoms with Crippen LogP contribution in [0.4, 0.5) is 4.39 Å². The van der Waals surface area contributed by atoms with Gasteiger partial charge in [-0.3, -0.25) is 9.80 Å². The van der Waals surface area contributed by atoms with Crippen LogP contribution < -0.4 is 4.74 Å². The van der Waals surface area contributed by atoms with Gasteiger partial charge in [0, 0.05) is 39.3 Å². The molecule has 0 bridgehead atoms. The van der Waals surface area contributed by atoms with Gasteiger partial charge in [-0.05, 0) is 36.2 Å². The second kappa shape index (κ2) is 11.3. The molecule has 0 saturated carbocycles. The molecule has 1 unspecified atom stereocenters. The maximum atomic E-state index is 13.2. The van der Waals surface area contributed by atoms with Gasteiger partial charge >= 0.3 is 0 Å². The third-order valence-electron chi connectivity index (χ3n) is 5.15. The molecule has 0 aromatic heterocycles. The van der Waals surface area contributed by atoms with Crippen LogP contribution in [0.25, 0.3) is 0 Å². The Hall–Kier alpha value is -1.99. The first-order valence-electron chi connectivity index (χ1n) is 10.2. The maximum absolute atomic E-state index is 13.2. The van der Waals surface area contributed by atoms with Crippen molar-refractivity contribution in [3.63, 3.8) is 0 Å². The Morgan fingerprint density at radius 3 is 2.59 bits per heavy atom. The second-order valence-electron chi connectivity index (χ2n) is 7.55. The summed E-state index contributed by atoms with van der Waals surface area (Å²) in [5, 5.41) is 10.6. The normalized spacial score (nSPS) is 16.1. The minimum absolute atomic E-state index is 0.236. The van der Waals surface area contributed by atoms with Crippen molar-refractivity contribution in [2.75, 3.05) is 52.5 Å². The summed E-state index contributed by atoms with van der Waals surface area (Å²) in [7, 11) is 0. The Morgan fingerprint density at radius 1 is 1.14 bits per heavy atom. The molecule has 0 aliphatic carbocycles. The quantitative estimate of drug-likeness (QED) is 0.662. The van der Waals surface area contributed by atoms with E-state index in [1.54, 1.807) is 12.1 Å². The minimum atomic E-state index is -0.611. The Balaban J connectivity index is 1.55. The van der Waals surface area contributed by atoms with Crippen LogP contribution in [-0.4, -0.2) is 73.6 Å². The molecule has 0 radical (unpaired) electrons. The number of hydrogen-bond donors (Lipinski definition) is 1. The van der Waals surface area contributed by atoms with Gasteiger partial charge in [-0.1, -0.05) is 30.3 Å². The van der Waals surface area contributed by atoms with Crippen molar-refractivity contribution in [3.8, 4) is 5.75 Å². The summed E-state index contributed by atoms with van der Waals surface area (Å²) in [6.45, 7) is 8.52. The van der Waals surface area contributed by atoms with E-state index < -0.39 is 6.10 Å². The van der Waals surface area contributed by atoms with Crippen LogP contribution >= 0.6 is 0 Å². The van der Waals surface area contributed by atoms with Crippen LogP contribution in [0.1, 0.15) is 11.1 Å². The predicted octanol–water partition coefficient (Wildman–Crippen LogP) is 2.71. The van der Waals surface area contributed by atoms with Crippen molar-refractivity contribution in [2.24, 2.45) is 0 Å². The first-order valence-corrected chi connectivity index (χ1v) is 10.2. The fourth-order valence-corrected chi connectivity index (χ4v) is 3.45. The van der Waals surface area contributed by atoms with Crippen molar-refractivity contribution >= 4 is 0 Å². The molecule has 6 heteroatoms. The van der Waals surface area contributed by atoms with Gasteiger partial charge in [0.2, 0.25) is 0 Å². The molecule has 158 valence electrons. The molecular weight excluding hydrogens is 371 g/mol. The van der Waals surface area contributed by atoms with Crippen molar-refractivity contribution in [3.05, 3.63) is 65.5 Å². The molecule has 2 aromatic rings. The first-order chi connectivity index (χ1) is 14.1. The van der Waals surface area contributed by atoms with Gasteiger partial charge in [0.15, 0.2) is 0 Å². The lowest BCUT2D eigenvalue weighted by atomic mass is 10.2. The van der Waals surface area contributed by atoms with Crippen LogP contribution in [0, 0.1) is 12.7 Å². The number of halogens is 1. The molecule has 0 spiro atoms. The minimum Gasteiger partial charge on any atom is -0.491 e. The summed E-state index contributed by atoms with van der Waals surface area (Å²) >= 11 is 0. The molecule has 3 rings (SSSR count). The zero-order valence-electron chi connectivity index (χ0n) is 17.1. The number of hydrogen-bond acceptors (Lipinski definition) is 5. The summed E-state index contributed by atoms with van der Waals surface area (Å²) < 4.78 is 24.5. The molecular formula is C23H31FN2O3. The van der Waals surface area contributed by atoms with E-state index in [0.29, 0.717) is 13.1 Å². The number of aliphatic hydroxyl groups is 1. The van der Waals surface area contributed by atoms with Crippen molar-refractivity contribution in [1.82, 2.24) is 9.80 Å². The van der Waals surface area contributed by atoms with E-state index in [2.05, 4.69) is 9.80 Å². The average molecular weight is 403 g/mol. The Bertz CT molecular complexity index is 735. The fraction of sp³-hybridized carbons (Fsp3) is 0.478. The average Bonchev–Trinajstić information content (AvgIpc) is 2.74. The molecule has 2 aromatic carbocycles. The Labute approximate surface area is 172 Å². The summed E-state index contributed by atoms with van der Waals surface area (Å²) in [6, 6.07) is 14.4. The standard InChI is InChI=1S/C23H31FN2O3/c1-19-4-2-3-5-23(19)29-18-22(27)17-26(11-10-25-12-14-28-15-13-25)16-20-6-8-21(24)9-7-20/h2-9,22,27H,10-18H2,1H3. The molecule has 1 aliphatic rings. The van der Waals surface area contributed by atoms with E-state index in [1.165, 1.54) is 12.1 Å². The van der Waals surface area contributed by atoms with Crippen LogP contribution in [-0.2, 0) is 11.3 Å². The topological polar surface area (TPSA) is 45.2 Å². The Morgan fingerprint density at radius 2 is 1.86 bits per heavy atom. The van der Waals surface area contributed by atoms with E-state index in [4.69, 9.17) is 9.47 Å². The van der Waals surface area contributed by atoms with Gasteiger partial charge in [-0.2, -0.15) is 0 Å². The van der Waals surface area contributed by atoms with Crippen molar-refractivity contribution < 1.29 is 19.0 Å². The van der Waals surface area contributed by atoms with Crippen LogP contribution in [0.2, 0.25) is 0 Å². The van der Waals surface area contributed by atoms with E-state index in [-0.39, 0.29) is 12.4 Å². The van der Waals surface area contributed by atoms with Crippen LogP contribution in [0.15, 0.2) is 48.5 Å². The molecule has 1 fully saturated rings. The molecule has 5 nitrogen and oxygen atoms in total. The lowest BCUT2D eigenvalue weighted by molar-refractivity contribution is 0.0255. The maximum Gasteiger partial charge on any atom is 0.123 e. The van der Waals surface area contributed by atoms with Gasteiger partial charge in [-0.25, -0.2) is 4.39 Å². The van der Waals surface area contributed by atoms with Crippen LogP contribution in [0.3, 0.4) is 0 Å². The number of aryl methyl sites for hydroxylation is 1. The van der Waals surface area contributed by atoms with Gasteiger partial charge in [0.05, 0.1) is 13.2 Å². The van der Waals surface area contributed by atoms with E-state index in [1.807, 2.05) is 31.2 Å². The molecule has 1 atom stereocenters. The van der Waals surface area contributed by atoms with Gasteiger partial charge < -0.3 is 14.6 Å². The summed E-state index contributed by atoms with van der Waals surface area (Å²) in [5.41, 5.74) is 2.08. The van der Waals surface area contributed by atoms with Crippen LogP contribution in [0.5, 0.6) is 5.75 Å². The van der Waals surface area contributed by atoms with E-state index in [9.17, 15) is 9.50 Å². The zero-order chi connectivity index (χ0) is 20.5. The largest absolute Gasteiger partial charge is 0.491 e. The van der Waals surface area contributed by atoms with E-state index in [0.717, 1.165) is 56.3 Å². The molecule has 1 N–H and O–H groups in total. The molecule has 29 heavy (non-hydrogen) atoms. The number of benzene rings is 2. The lowest BCUT2D eigenvalue weighted by Crippen LogP contribution is -2.43. The van der Waals surface area contributed by atoms with E-state index >= 15 is 0 Å². The summed E-state index contributed by atoms with van der Waals surface area (Å²) in [4.78, 5) is 4.58. The lowest BCUT2D eigenvalue weighted by Gasteiger charge is -2.31. The van der Waals surface area contributed by atoms with Gasteiger partial charge in [0.1, 0.15) is 24.3 Å². The third-order valence-corrected chi connectivity index (χ3v) is 5.15. The molecule has 0 amide bonds. The number of ether oxygens (including phenoxy) is 2. The number of nitrogens with zero attached hydrogens (tertiary/aromatic N) is 2. The monoisotopic (exact) mass is 402 g/mol. The highest BCUT2D eigenvalue weighted by Crippen LogP contribution is 2.16. The molecule has 1 heterocycles. The first kappa shape index (κ1) is 21.7.